The molecule has 0 bridgehead atoms. The van der Waals surface area contributed by atoms with Crippen LogP contribution in [0.5, 0.6) is 5.75 Å². The van der Waals surface area contributed by atoms with Crippen molar-refractivity contribution in [1.82, 2.24) is 0 Å². The molecule has 1 amide bonds. The van der Waals surface area contributed by atoms with Gasteiger partial charge < -0.3 is 10.1 Å². The number of ether oxygens (including phenoxy) is 1. The summed E-state index contributed by atoms with van der Waals surface area (Å²) in [6.07, 6.45) is 0. The van der Waals surface area contributed by atoms with Crippen LogP contribution in [0, 0.1) is 0 Å². The second-order valence-electron chi connectivity index (χ2n) is 5.47. The molecule has 0 aromatic heterocycles. The van der Waals surface area contributed by atoms with E-state index in [1.165, 1.54) is 0 Å². The number of nitrogens with one attached hydrogen (secondary N) is 1. The van der Waals surface area contributed by atoms with Crippen LogP contribution >= 0.6 is 0 Å². The number of hydrogen-bond acceptors (Lipinski definition) is 3. The number of rotatable bonds is 2. The standard InChI is InChI=1S/C17H15NO3/c1-17(2)16(20)18-13-9-8-12(10-14(13)21-17)15(19)11-6-4-3-5-7-11/h3-10H,1-2H3,(H,18,20). The van der Waals surface area contributed by atoms with Crippen LogP contribution in [0.3, 0.4) is 0 Å². The molecule has 106 valence electrons. The van der Waals surface area contributed by atoms with Gasteiger partial charge in [0.15, 0.2) is 11.4 Å². The van der Waals surface area contributed by atoms with Crippen molar-refractivity contribution >= 4 is 17.4 Å². The number of hydrogen-bond donors (Lipinski definition) is 1. The Labute approximate surface area is 122 Å². The summed E-state index contributed by atoms with van der Waals surface area (Å²) in [5.74, 6) is 0.246. The van der Waals surface area contributed by atoms with Gasteiger partial charge in [-0.3, -0.25) is 9.59 Å². The van der Waals surface area contributed by atoms with Crippen LogP contribution in [0.1, 0.15) is 29.8 Å². The van der Waals surface area contributed by atoms with Crippen LogP contribution in [0.2, 0.25) is 0 Å². The molecule has 0 saturated carbocycles. The lowest BCUT2D eigenvalue weighted by Gasteiger charge is -2.31. The van der Waals surface area contributed by atoms with E-state index in [9.17, 15) is 9.59 Å². The Morgan fingerprint density at radius 3 is 2.48 bits per heavy atom. The second-order valence-corrected chi connectivity index (χ2v) is 5.47. The van der Waals surface area contributed by atoms with Crippen molar-refractivity contribution in [2.75, 3.05) is 5.32 Å². The fraction of sp³-hybridized carbons (Fsp3) is 0.176. The zero-order valence-corrected chi connectivity index (χ0v) is 11.8. The highest BCUT2D eigenvalue weighted by Gasteiger charge is 2.35. The molecule has 0 radical (unpaired) electrons. The van der Waals surface area contributed by atoms with E-state index in [0.29, 0.717) is 22.6 Å². The van der Waals surface area contributed by atoms with E-state index in [0.717, 1.165) is 0 Å². The first-order valence-electron chi connectivity index (χ1n) is 6.72. The highest BCUT2D eigenvalue weighted by atomic mass is 16.5. The van der Waals surface area contributed by atoms with E-state index in [2.05, 4.69) is 5.32 Å². The van der Waals surface area contributed by atoms with Crippen molar-refractivity contribution in [2.45, 2.75) is 19.4 Å². The van der Waals surface area contributed by atoms with Crippen molar-refractivity contribution in [3.05, 3.63) is 59.7 Å². The Hall–Kier alpha value is -2.62. The maximum Gasteiger partial charge on any atom is 0.268 e. The monoisotopic (exact) mass is 281 g/mol. The third kappa shape index (κ3) is 2.40. The quantitative estimate of drug-likeness (QED) is 0.861. The van der Waals surface area contributed by atoms with E-state index >= 15 is 0 Å². The molecule has 2 aromatic rings. The first-order chi connectivity index (χ1) is 9.97. The number of carbonyl (C=O) groups excluding carboxylic acids is 2. The maximum absolute atomic E-state index is 12.4. The zero-order valence-electron chi connectivity index (χ0n) is 11.8. The predicted octanol–water partition coefficient (Wildman–Crippen LogP) is 3.03. The minimum atomic E-state index is -0.943. The summed E-state index contributed by atoms with van der Waals surface area (Å²) in [4.78, 5) is 24.2. The van der Waals surface area contributed by atoms with E-state index in [-0.39, 0.29) is 11.7 Å². The lowest BCUT2D eigenvalue weighted by molar-refractivity contribution is -0.129. The number of benzene rings is 2. The van der Waals surface area contributed by atoms with Gasteiger partial charge in [0.1, 0.15) is 5.75 Å². The van der Waals surface area contributed by atoms with Gasteiger partial charge in [-0.25, -0.2) is 0 Å². The van der Waals surface area contributed by atoms with Gasteiger partial charge in [-0.2, -0.15) is 0 Å². The van der Waals surface area contributed by atoms with Crippen LogP contribution in [-0.4, -0.2) is 17.3 Å². The molecule has 0 spiro atoms. The minimum absolute atomic E-state index is 0.0725. The number of fused-ring (bicyclic) bond motifs is 1. The van der Waals surface area contributed by atoms with Gasteiger partial charge in [-0.15, -0.1) is 0 Å². The normalized spacial score (nSPS) is 15.6. The van der Waals surface area contributed by atoms with Gasteiger partial charge in [0.25, 0.3) is 5.91 Å². The topological polar surface area (TPSA) is 55.4 Å². The van der Waals surface area contributed by atoms with E-state index in [1.807, 2.05) is 18.2 Å². The summed E-state index contributed by atoms with van der Waals surface area (Å²) in [7, 11) is 0. The lowest BCUT2D eigenvalue weighted by atomic mass is 10.0. The van der Waals surface area contributed by atoms with Gasteiger partial charge in [-0.05, 0) is 32.0 Å². The Morgan fingerprint density at radius 1 is 1.05 bits per heavy atom. The van der Waals surface area contributed by atoms with E-state index in [4.69, 9.17) is 4.74 Å². The number of ketones is 1. The Bertz CT molecular complexity index is 720. The van der Waals surface area contributed by atoms with Crippen molar-refractivity contribution < 1.29 is 14.3 Å². The van der Waals surface area contributed by atoms with Crippen LogP contribution in [0.4, 0.5) is 5.69 Å². The molecular formula is C17H15NO3. The summed E-state index contributed by atoms with van der Waals surface area (Å²) in [5.41, 5.74) is 0.800. The number of anilines is 1. The maximum atomic E-state index is 12.4. The van der Waals surface area contributed by atoms with Crippen molar-refractivity contribution in [1.29, 1.82) is 0 Å². The van der Waals surface area contributed by atoms with Crippen LogP contribution in [0.15, 0.2) is 48.5 Å². The number of carbonyl (C=O) groups is 2. The molecule has 4 nitrogen and oxygen atoms in total. The van der Waals surface area contributed by atoms with Crippen LogP contribution in [-0.2, 0) is 4.79 Å². The molecule has 21 heavy (non-hydrogen) atoms. The van der Waals surface area contributed by atoms with Crippen molar-refractivity contribution in [3.63, 3.8) is 0 Å². The number of amides is 1. The highest BCUT2D eigenvalue weighted by molar-refractivity contribution is 6.10. The van der Waals surface area contributed by atoms with Crippen molar-refractivity contribution in [3.8, 4) is 5.75 Å². The lowest BCUT2D eigenvalue weighted by Crippen LogP contribution is -2.45. The first kappa shape index (κ1) is 13.4. The van der Waals surface area contributed by atoms with Gasteiger partial charge in [0.05, 0.1) is 5.69 Å². The van der Waals surface area contributed by atoms with E-state index in [1.54, 1.807) is 44.2 Å². The van der Waals surface area contributed by atoms with Gasteiger partial charge >= 0.3 is 0 Å². The van der Waals surface area contributed by atoms with Gasteiger partial charge in [0.2, 0.25) is 0 Å². The fourth-order valence-electron chi connectivity index (χ4n) is 2.20. The molecule has 2 aromatic carbocycles. The SMILES string of the molecule is CC1(C)Oc2cc(C(=O)c3ccccc3)ccc2NC1=O. The van der Waals surface area contributed by atoms with Crippen LogP contribution < -0.4 is 10.1 Å². The van der Waals surface area contributed by atoms with Gasteiger partial charge in [-0.1, -0.05) is 30.3 Å². The average molecular weight is 281 g/mol. The molecule has 4 heteroatoms. The largest absolute Gasteiger partial charge is 0.476 e. The molecule has 1 heterocycles. The molecule has 0 fully saturated rings. The Kier molecular flexibility index (Phi) is 3.01. The third-order valence-corrected chi connectivity index (χ3v) is 3.44. The summed E-state index contributed by atoms with van der Waals surface area (Å²) < 4.78 is 5.69. The molecule has 1 N–H and O–H groups in total. The molecule has 0 aliphatic carbocycles. The Balaban J connectivity index is 1.97. The molecule has 0 atom stereocenters. The summed E-state index contributed by atoms with van der Waals surface area (Å²) in [6, 6.07) is 14.1. The molecular weight excluding hydrogens is 266 g/mol. The minimum Gasteiger partial charge on any atom is -0.476 e. The average Bonchev–Trinajstić information content (AvgIpc) is 2.48. The summed E-state index contributed by atoms with van der Waals surface area (Å²) in [5, 5.41) is 2.78. The third-order valence-electron chi connectivity index (χ3n) is 3.44. The molecule has 0 saturated heterocycles. The summed E-state index contributed by atoms with van der Waals surface area (Å²) in [6.45, 7) is 3.38. The molecule has 3 rings (SSSR count). The highest BCUT2D eigenvalue weighted by Crippen LogP contribution is 2.34. The van der Waals surface area contributed by atoms with Crippen molar-refractivity contribution in [2.24, 2.45) is 0 Å². The van der Waals surface area contributed by atoms with E-state index < -0.39 is 5.60 Å². The zero-order chi connectivity index (χ0) is 15.0. The molecule has 1 aliphatic heterocycles. The van der Waals surface area contributed by atoms with Crippen LogP contribution in [0.25, 0.3) is 0 Å². The first-order valence-corrected chi connectivity index (χ1v) is 6.72. The Morgan fingerprint density at radius 2 is 1.76 bits per heavy atom. The second kappa shape index (κ2) is 4.74. The predicted molar refractivity (Wildman–Crippen MR) is 79.7 cm³/mol. The fourth-order valence-corrected chi connectivity index (χ4v) is 2.20. The summed E-state index contributed by atoms with van der Waals surface area (Å²) >= 11 is 0. The smallest absolute Gasteiger partial charge is 0.268 e. The molecule has 0 unspecified atom stereocenters. The van der Waals surface area contributed by atoms with Gasteiger partial charge in [0, 0.05) is 11.1 Å². The molecule has 1 aliphatic rings.